The first-order valence-corrected chi connectivity index (χ1v) is 9.88. The Hall–Kier alpha value is -0.330. The predicted molar refractivity (Wildman–Crippen MR) is 91.1 cm³/mol. The third-order valence-electron chi connectivity index (χ3n) is 4.78. The van der Waals surface area contributed by atoms with E-state index in [-0.39, 0.29) is 35.7 Å². The molecule has 1 N–H and O–H groups in total. The number of nitrogens with zero attached hydrogens (tertiary/aromatic N) is 1. The zero-order valence-corrected chi connectivity index (χ0v) is 15.1. The van der Waals surface area contributed by atoms with Gasteiger partial charge in [-0.25, -0.2) is 8.42 Å². The van der Waals surface area contributed by atoms with E-state index in [0.29, 0.717) is 5.92 Å². The Bertz CT molecular complexity index is 448. The normalized spacial score (nSPS) is 23.3. The lowest BCUT2D eigenvalue weighted by Gasteiger charge is -2.32. The number of carbonyl (C=O) groups excluding carboxylic acids is 1. The number of hydrogen-bond acceptors (Lipinski definition) is 4. The maximum absolute atomic E-state index is 12.3. The fraction of sp³-hybridized carbons (Fsp3) is 0.933. The lowest BCUT2D eigenvalue weighted by Crippen LogP contribution is -2.43. The van der Waals surface area contributed by atoms with Crippen molar-refractivity contribution in [2.45, 2.75) is 50.2 Å². The Morgan fingerprint density at radius 3 is 2.50 bits per heavy atom. The number of hydrogen-bond donors (Lipinski definition) is 1. The molecule has 2 fully saturated rings. The second kappa shape index (κ2) is 9.08. The summed E-state index contributed by atoms with van der Waals surface area (Å²) in [6.45, 7) is 2.47. The number of rotatable bonds is 6. The molecule has 0 aromatic rings. The Labute approximate surface area is 140 Å². The molecule has 130 valence electrons. The first-order chi connectivity index (χ1) is 10.0. The quantitative estimate of drug-likeness (QED) is 0.788. The lowest BCUT2D eigenvalue weighted by molar-refractivity contribution is -0.132. The van der Waals surface area contributed by atoms with Crippen LogP contribution in [-0.2, 0) is 14.6 Å². The van der Waals surface area contributed by atoms with Crippen molar-refractivity contribution in [2.24, 2.45) is 5.92 Å². The third kappa shape index (κ3) is 5.39. The van der Waals surface area contributed by atoms with Crippen molar-refractivity contribution in [3.63, 3.8) is 0 Å². The summed E-state index contributed by atoms with van der Waals surface area (Å²) in [6.07, 6.45) is 5.91. The van der Waals surface area contributed by atoms with Crippen LogP contribution in [0.25, 0.3) is 0 Å². The maximum atomic E-state index is 12.3. The summed E-state index contributed by atoms with van der Waals surface area (Å²) in [5.74, 6) is 0.542. The molecule has 1 atom stereocenters. The number of carbonyl (C=O) groups is 1. The first-order valence-electron chi connectivity index (χ1n) is 8.17. The van der Waals surface area contributed by atoms with Gasteiger partial charge < -0.3 is 10.2 Å². The molecule has 1 aliphatic carbocycles. The molecule has 0 radical (unpaired) electrons. The van der Waals surface area contributed by atoms with E-state index >= 15 is 0 Å². The van der Waals surface area contributed by atoms with Crippen LogP contribution in [0.5, 0.6) is 0 Å². The average Bonchev–Trinajstić information content (AvgIpc) is 3.00. The minimum atomic E-state index is -3.08. The molecule has 1 amide bonds. The number of sulfone groups is 1. The van der Waals surface area contributed by atoms with Crippen molar-refractivity contribution < 1.29 is 13.2 Å². The van der Waals surface area contributed by atoms with Crippen LogP contribution < -0.4 is 5.32 Å². The van der Waals surface area contributed by atoms with E-state index < -0.39 is 9.84 Å². The fourth-order valence-electron chi connectivity index (χ4n) is 3.55. The standard InChI is InChI=1S/C15H28N2O3S.ClH/c1-16-11-13-5-4-9-17(12-13)15(18)8-10-21(19,20)14-6-2-3-7-14;/h13-14,16H,2-12H2,1H3;1H. The summed E-state index contributed by atoms with van der Waals surface area (Å²) in [5, 5.41) is 2.97. The van der Waals surface area contributed by atoms with Crippen LogP contribution >= 0.6 is 12.4 Å². The summed E-state index contributed by atoms with van der Waals surface area (Å²) < 4.78 is 24.4. The van der Waals surface area contributed by atoms with Crippen LogP contribution in [0.15, 0.2) is 0 Å². The molecule has 1 saturated heterocycles. The SMILES string of the molecule is CNCC1CCCN(C(=O)CCS(=O)(=O)C2CCCC2)C1.Cl. The summed E-state index contributed by atoms with van der Waals surface area (Å²) in [7, 11) is -1.15. The number of piperidine rings is 1. The smallest absolute Gasteiger partial charge is 0.223 e. The topological polar surface area (TPSA) is 66.5 Å². The lowest BCUT2D eigenvalue weighted by atomic mass is 9.98. The second-order valence-electron chi connectivity index (χ2n) is 6.43. The molecule has 7 heteroatoms. The van der Waals surface area contributed by atoms with Crippen LogP contribution in [0.4, 0.5) is 0 Å². The van der Waals surface area contributed by atoms with E-state index in [2.05, 4.69) is 5.32 Å². The summed E-state index contributed by atoms with van der Waals surface area (Å²) in [6, 6.07) is 0. The van der Waals surface area contributed by atoms with Crippen LogP contribution in [-0.4, -0.2) is 56.9 Å². The molecule has 0 aromatic carbocycles. The monoisotopic (exact) mass is 352 g/mol. The van der Waals surface area contributed by atoms with Gasteiger partial charge in [0.25, 0.3) is 0 Å². The van der Waals surface area contributed by atoms with E-state index in [4.69, 9.17) is 0 Å². The largest absolute Gasteiger partial charge is 0.342 e. The minimum absolute atomic E-state index is 0. The molecule has 0 spiro atoms. The van der Waals surface area contributed by atoms with Gasteiger partial charge in [0.15, 0.2) is 9.84 Å². The van der Waals surface area contributed by atoms with Crippen molar-refractivity contribution in [2.75, 3.05) is 32.4 Å². The van der Waals surface area contributed by atoms with E-state index in [1.807, 2.05) is 11.9 Å². The van der Waals surface area contributed by atoms with Gasteiger partial charge in [-0.1, -0.05) is 12.8 Å². The number of likely N-dealkylation sites (tertiary alicyclic amines) is 1. The van der Waals surface area contributed by atoms with Gasteiger partial charge in [0, 0.05) is 19.5 Å². The molecule has 1 unspecified atom stereocenters. The van der Waals surface area contributed by atoms with Gasteiger partial charge in [-0.05, 0) is 45.2 Å². The average molecular weight is 353 g/mol. The Morgan fingerprint density at radius 2 is 1.86 bits per heavy atom. The van der Waals surface area contributed by atoms with E-state index in [0.717, 1.165) is 58.2 Å². The van der Waals surface area contributed by atoms with Crippen LogP contribution in [0, 0.1) is 5.92 Å². The van der Waals surface area contributed by atoms with Gasteiger partial charge in [-0.3, -0.25) is 4.79 Å². The third-order valence-corrected chi connectivity index (χ3v) is 7.04. The molecular weight excluding hydrogens is 324 g/mol. The van der Waals surface area contributed by atoms with Crippen molar-refractivity contribution in [1.29, 1.82) is 0 Å². The summed E-state index contributed by atoms with van der Waals surface area (Å²) in [4.78, 5) is 14.1. The van der Waals surface area contributed by atoms with Gasteiger partial charge in [0.1, 0.15) is 0 Å². The summed E-state index contributed by atoms with van der Waals surface area (Å²) >= 11 is 0. The fourth-order valence-corrected chi connectivity index (χ4v) is 5.39. The Balaban J connectivity index is 0.00000242. The van der Waals surface area contributed by atoms with Crippen LogP contribution in [0.1, 0.15) is 44.9 Å². The van der Waals surface area contributed by atoms with Crippen molar-refractivity contribution >= 4 is 28.2 Å². The van der Waals surface area contributed by atoms with Crippen LogP contribution in [0.3, 0.4) is 0 Å². The predicted octanol–water partition coefficient (Wildman–Crippen LogP) is 1.61. The maximum Gasteiger partial charge on any atom is 0.223 e. The Morgan fingerprint density at radius 1 is 1.18 bits per heavy atom. The summed E-state index contributed by atoms with van der Waals surface area (Å²) in [5.41, 5.74) is 0. The molecule has 5 nitrogen and oxygen atoms in total. The molecule has 2 rings (SSSR count). The molecule has 1 heterocycles. The van der Waals surface area contributed by atoms with Gasteiger partial charge in [-0.2, -0.15) is 0 Å². The van der Waals surface area contributed by atoms with Crippen molar-refractivity contribution in [3.05, 3.63) is 0 Å². The van der Waals surface area contributed by atoms with Gasteiger partial charge in [0.2, 0.25) is 5.91 Å². The zero-order valence-electron chi connectivity index (χ0n) is 13.4. The number of nitrogens with one attached hydrogen (secondary N) is 1. The zero-order chi connectivity index (χ0) is 15.3. The van der Waals surface area contributed by atoms with Crippen LogP contribution in [0.2, 0.25) is 0 Å². The highest BCUT2D eigenvalue weighted by molar-refractivity contribution is 7.92. The number of halogens is 1. The minimum Gasteiger partial charge on any atom is -0.342 e. The molecule has 1 saturated carbocycles. The van der Waals surface area contributed by atoms with E-state index in [9.17, 15) is 13.2 Å². The molecule has 1 aliphatic heterocycles. The molecule has 0 aromatic heterocycles. The van der Waals surface area contributed by atoms with Gasteiger partial charge in [-0.15, -0.1) is 12.4 Å². The Kier molecular flexibility index (Phi) is 8.14. The second-order valence-corrected chi connectivity index (χ2v) is 8.83. The first kappa shape index (κ1) is 19.7. The number of amides is 1. The molecule has 0 bridgehead atoms. The van der Waals surface area contributed by atoms with Gasteiger partial charge in [0.05, 0.1) is 11.0 Å². The highest BCUT2D eigenvalue weighted by atomic mass is 35.5. The van der Waals surface area contributed by atoms with E-state index in [1.54, 1.807) is 0 Å². The van der Waals surface area contributed by atoms with Crippen molar-refractivity contribution in [1.82, 2.24) is 10.2 Å². The van der Waals surface area contributed by atoms with Crippen molar-refractivity contribution in [3.8, 4) is 0 Å². The highest BCUT2D eigenvalue weighted by Crippen LogP contribution is 2.26. The highest BCUT2D eigenvalue weighted by Gasteiger charge is 2.30. The molecular formula is C15H29ClN2O3S. The van der Waals surface area contributed by atoms with E-state index in [1.165, 1.54) is 0 Å². The van der Waals surface area contributed by atoms with Gasteiger partial charge >= 0.3 is 0 Å². The molecule has 22 heavy (non-hydrogen) atoms. The molecule has 2 aliphatic rings.